The maximum absolute atomic E-state index is 14.2. The van der Waals surface area contributed by atoms with Crippen LogP contribution < -0.4 is 5.32 Å². The molecule has 2 atom stereocenters. The Morgan fingerprint density at radius 2 is 1.87 bits per heavy atom. The summed E-state index contributed by atoms with van der Waals surface area (Å²) in [6.07, 6.45) is 1.86. The number of carbonyl (C=O) groups excluding carboxylic acids is 1. The maximum Gasteiger partial charge on any atom is 0.318 e. The molecule has 1 saturated heterocycles. The monoisotopic (exact) mass is 312 g/mol. The van der Waals surface area contributed by atoms with Crippen molar-refractivity contribution in [2.75, 3.05) is 6.54 Å². The van der Waals surface area contributed by atoms with E-state index in [4.69, 9.17) is 0 Å². The molecule has 0 aliphatic carbocycles. The number of amides is 2. The van der Waals surface area contributed by atoms with Crippen LogP contribution in [-0.2, 0) is 0 Å². The predicted octanol–water partition coefficient (Wildman–Crippen LogP) is 3.50. The van der Waals surface area contributed by atoms with Crippen LogP contribution in [0.1, 0.15) is 17.2 Å². The third-order valence-corrected chi connectivity index (χ3v) is 4.39. The number of halogens is 2. The molecular formula is C18H14F2N2O. The molecular weight excluding hydrogens is 298 g/mol. The molecule has 2 amide bonds. The molecule has 2 aliphatic heterocycles. The summed E-state index contributed by atoms with van der Waals surface area (Å²) in [4.78, 5) is 13.9. The summed E-state index contributed by atoms with van der Waals surface area (Å²) in [6, 6.07) is 12.2. The van der Waals surface area contributed by atoms with Crippen molar-refractivity contribution in [1.82, 2.24) is 10.2 Å². The third-order valence-electron chi connectivity index (χ3n) is 4.39. The van der Waals surface area contributed by atoms with Crippen molar-refractivity contribution >= 4 is 11.6 Å². The Morgan fingerprint density at radius 1 is 1.09 bits per heavy atom. The highest BCUT2D eigenvalue weighted by molar-refractivity contribution is 5.87. The first-order valence-corrected chi connectivity index (χ1v) is 7.43. The van der Waals surface area contributed by atoms with E-state index in [9.17, 15) is 13.6 Å². The fourth-order valence-corrected chi connectivity index (χ4v) is 3.35. The zero-order chi connectivity index (χ0) is 16.0. The first kappa shape index (κ1) is 13.9. The first-order valence-electron chi connectivity index (χ1n) is 7.43. The smallest absolute Gasteiger partial charge is 0.318 e. The largest absolute Gasteiger partial charge is 0.336 e. The lowest BCUT2D eigenvalue weighted by molar-refractivity contribution is 0.205. The van der Waals surface area contributed by atoms with Crippen LogP contribution in [0.3, 0.4) is 0 Å². The zero-order valence-corrected chi connectivity index (χ0v) is 12.2. The van der Waals surface area contributed by atoms with Gasteiger partial charge in [-0.2, -0.15) is 0 Å². The van der Waals surface area contributed by atoms with E-state index < -0.39 is 11.6 Å². The minimum absolute atomic E-state index is 0.188. The van der Waals surface area contributed by atoms with Gasteiger partial charge in [0.25, 0.3) is 0 Å². The van der Waals surface area contributed by atoms with Gasteiger partial charge in [0.15, 0.2) is 0 Å². The molecule has 1 fully saturated rings. The topological polar surface area (TPSA) is 32.3 Å². The fourth-order valence-electron chi connectivity index (χ4n) is 3.35. The standard InChI is InChI=1S/C18H14F2N2O/c19-12-6-7-15(20)13(8-12)14-9-16(11-4-2-1-3-5-11)22-17(14)10-21-18(22)23/h1-9,16-17H,10H2,(H,21,23)/t16-,17-/m0/s1. The van der Waals surface area contributed by atoms with Gasteiger partial charge in [-0.25, -0.2) is 13.6 Å². The lowest BCUT2D eigenvalue weighted by Gasteiger charge is -2.24. The fraction of sp³-hybridized carbons (Fsp3) is 0.167. The van der Waals surface area contributed by atoms with Gasteiger partial charge in [0.2, 0.25) is 0 Å². The van der Waals surface area contributed by atoms with Gasteiger partial charge >= 0.3 is 6.03 Å². The Kier molecular flexibility index (Phi) is 3.15. The van der Waals surface area contributed by atoms with Crippen molar-refractivity contribution in [3.8, 4) is 0 Å². The van der Waals surface area contributed by atoms with E-state index in [0.29, 0.717) is 12.1 Å². The predicted molar refractivity (Wildman–Crippen MR) is 82.5 cm³/mol. The van der Waals surface area contributed by atoms with E-state index in [1.54, 1.807) is 4.90 Å². The van der Waals surface area contributed by atoms with Gasteiger partial charge in [-0.1, -0.05) is 36.4 Å². The molecule has 1 N–H and O–H groups in total. The number of benzene rings is 2. The highest BCUT2D eigenvalue weighted by Crippen LogP contribution is 2.41. The van der Waals surface area contributed by atoms with Crippen LogP contribution in [-0.4, -0.2) is 23.5 Å². The van der Waals surface area contributed by atoms with E-state index in [0.717, 1.165) is 17.7 Å². The van der Waals surface area contributed by atoms with Crippen LogP contribution in [0, 0.1) is 11.6 Å². The van der Waals surface area contributed by atoms with E-state index in [1.807, 2.05) is 36.4 Å². The Labute approximate surface area is 132 Å². The average molecular weight is 312 g/mol. The third kappa shape index (κ3) is 2.20. The summed E-state index contributed by atoms with van der Waals surface area (Å²) in [7, 11) is 0. The summed E-state index contributed by atoms with van der Waals surface area (Å²) in [5, 5.41) is 2.79. The Bertz CT molecular complexity index is 804. The number of nitrogens with zero attached hydrogens (tertiary/aromatic N) is 1. The number of fused-ring (bicyclic) bond motifs is 1. The lowest BCUT2D eigenvalue weighted by Crippen LogP contribution is -2.33. The molecule has 3 nitrogen and oxygen atoms in total. The average Bonchev–Trinajstić information content (AvgIpc) is 3.12. The molecule has 5 heteroatoms. The number of carbonyl (C=O) groups is 1. The van der Waals surface area contributed by atoms with Gasteiger partial charge in [0.1, 0.15) is 11.6 Å². The van der Waals surface area contributed by atoms with Gasteiger partial charge in [-0.05, 0) is 29.3 Å². The second-order valence-corrected chi connectivity index (χ2v) is 5.71. The van der Waals surface area contributed by atoms with Gasteiger partial charge in [-0.3, -0.25) is 0 Å². The molecule has 2 aromatic carbocycles. The number of hydrogen-bond acceptors (Lipinski definition) is 1. The summed E-state index contributed by atoms with van der Waals surface area (Å²) in [6.45, 7) is 0.393. The van der Waals surface area contributed by atoms with Crippen molar-refractivity contribution in [2.24, 2.45) is 0 Å². The van der Waals surface area contributed by atoms with Crippen LogP contribution >= 0.6 is 0 Å². The van der Waals surface area contributed by atoms with Crippen molar-refractivity contribution in [3.63, 3.8) is 0 Å². The zero-order valence-electron chi connectivity index (χ0n) is 12.2. The van der Waals surface area contributed by atoms with Crippen molar-refractivity contribution < 1.29 is 13.6 Å². The Hall–Kier alpha value is -2.69. The van der Waals surface area contributed by atoms with E-state index >= 15 is 0 Å². The molecule has 116 valence electrons. The summed E-state index contributed by atoms with van der Waals surface area (Å²) < 4.78 is 27.7. The summed E-state index contributed by atoms with van der Waals surface area (Å²) in [5.41, 5.74) is 1.81. The molecule has 2 aliphatic rings. The second kappa shape index (κ2) is 5.19. The van der Waals surface area contributed by atoms with Crippen molar-refractivity contribution in [3.05, 3.63) is 77.4 Å². The molecule has 0 radical (unpaired) electrons. The quantitative estimate of drug-likeness (QED) is 0.904. The number of rotatable bonds is 2. The highest BCUT2D eigenvalue weighted by atomic mass is 19.1. The van der Waals surface area contributed by atoms with Gasteiger partial charge in [0, 0.05) is 12.1 Å². The van der Waals surface area contributed by atoms with Gasteiger partial charge in [0.05, 0.1) is 12.1 Å². The molecule has 23 heavy (non-hydrogen) atoms. The van der Waals surface area contributed by atoms with Crippen LogP contribution in [0.15, 0.2) is 54.6 Å². The second-order valence-electron chi connectivity index (χ2n) is 5.71. The minimum atomic E-state index is -0.491. The summed E-state index contributed by atoms with van der Waals surface area (Å²) >= 11 is 0. The lowest BCUT2D eigenvalue weighted by atomic mass is 9.99. The van der Waals surface area contributed by atoms with Crippen LogP contribution in [0.5, 0.6) is 0 Å². The Balaban J connectivity index is 1.83. The number of nitrogens with one attached hydrogen (secondary N) is 1. The van der Waals surface area contributed by atoms with Crippen molar-refractivity contribution in [2.45, 2.75) is 12.1 Å². The summed E-state index contributed by atoms with van der Waals surface area (Å²) in [5.74, 6) is -0.972. The maximum atomic E-state index is 14.2. The molecule has 4 rings (SSSR count). The van der Waals surface area contributed by atoms with Crippen LogP contribution in [0.2, 0.25) is 0 Å². The molecule has 2 aromatic rings. The van der Waals surface area contributed by atoms with Crippen LogP contribution in [0.4, 0.5) is 13.6 Å². The first-order chi connectivity index (χ1) is 11.1. The normalized spacial score (nSPS) is 22.8. The minimum Gasteiger partial charge on any atom is -0.336 e. The number of urea groups is 1. The van der Waals surface area contributed by atoms with E-state index in [1.165, 1.54) is 6.07 Å². The number of hydrogen-bond donors (Lipinski definition) is 1. The van der Waals surface area contributed by atoms with Crippen molar-refractivity contribution in [1.29, 1.82) is 0 Å². The molecule has 0 spiro atoms. The molecule has 0 saturated carbocycles. The molecule has 0 bridgehead atoms. The molecule has 2 heterocycles. The van der Waals surface area contributed by atoms with E-state index in [2.05, 4.69) is 5.32 Å². The van der Waals surface area contributed by atoms with Gasteiger partial charge in [-0.15, -0.1) is 0 Å². The van der Waals surface area contributed by atoms with Crippen LogP contribution in [0.25, 0.3) is 5.57 Å². The SMILES string of the molecule is O=C1NC[C@H]2C(c3cc(F)ccc3F)=C[C@@H](c3ccccc3)N12. The molecule has 0 unspecified atom stereocenters. The molecule has 0 aromatic heterocycles. The Morgan fingerprint density at radius 3 is 2.65 bits per heavy atom. The van der Waals surface area contributed by atoms with E-state index in [-0.39, 0.29) is 23.7 Å². The van der Waals surface area contributed by atoms with Gasteiger partial charge < -0.3 is 10.2 Å². The highest BCUT2D eigenvalue weighted by Gasteiger charge is 2.43.